The summed E-state index contributed by atoms with van der Waals surface area (Å²) >= 11 is 6.12. The van der Waals surface area contributed by atoms with Crippen molar-refractivity contribution in [3.8, 4) is 5.75 Å². The van der Waals surface area contributed by atoms with Gasteiger partial charge in [-0.3, -0.25) is 0 Å². The van der Waals surface area contributed by atoms with E-state index in [0.29, 0.717) is 28.6 Å². The average Bonchev–Trinajstić information content (AvgIpc) is 2.40. The highest BCUT2D eigenvalue weighted by atomic mass is 35.5. The lowest BCUT2D eigenvalue weighted by Gasteiger charge is -2.16. The lowest BCUT2D eigenvalue weighted by Crippen LogP contribution is -2.07. The second kappa shape index (κ2) is 5.91. The Morgan fingerprint density at radius 1 is 1.37 bits per heavy atom. The third-order valence-corrected chi connectivity index (χ3v) is 3.23. The molecular formula is C14H15ClN2O2. The summed E-state index contributed by atoms with van der Waals surface area (Å²) < 4.78 is 5.22. The molecule has 3 N–H and O–H groups in total. The van der Waals surface area contributed by atoms with E-state index < -0.39 is 6.10 Å². The zero-order chi connectivity index (χ0) is 13.8. The van der Waals surface area contributed by atoms with E-state index in [4.69, 9.17) is 22.1 Å². The van der Waals surface area contributed by atoms with Gasteiger partial charge in [-0.15, -0.1) is 0 Å². The molecule has 1 atom stereocenters. The van der Waals surface area contributed by atoms with Gasteiger partial charge >= 0.3 is 0 Å². The molecule has 0 bridgehead atoms. The molecule has 0 spiro atoms. The van der Waals surface area contributed by atoms with Crippen molar-refractivity contribution in [3.05, 3.63) is 52.7 Å². The minimum Gasteiger partial charge on any atom is -0.496 e. The molecule has 19 heavy (non-hydrogen) atoms. The minimum atomic E-state index is -0.796. The highest BCUT2D eigenvalue weighted by Gasteiger charge is 2.18. The number of anilines is 1. The van der Waals surface area contributed by atoms with Crippen LogP contribution < -0.4 is 10.5 Å². The molecule has 0 saturated heterocycles. The molecule has 0 radical (unpaired) electrons. The molecule has 5 heteroatoms. The van der Waals surface area contributed by atoms with E-state index in [1.54, 1.807) is 37.6 Å². The fourth-order valence-corrected chi connectivity index (χ4v) is 2.24. The van der Waals surface area contributed by atoms with Gasteiger partial charge in [0.05, 0.1) is 18.2 Å². The van der Waals surface area contributed by atoms with Crippen molar-refractivity contribution < 1.29 is 9.84 Å². The fraction of sp³-hybridized carbons (Fsp3) is 0.214. The smallest absolute Gasteiger partial charge is 0.126 e. The van der Waals surface area contributed by atoms with Gasteiger partial charge in [0.2, 0.25) is 0 Å². The quantitative estimate of drug-likeness (QED) is 0.902. The number of benzene rings is 1. The second-order valence-electron chi connectivity index (χ2n) is 4.12. The molecule has 0 aliphatic rings. The lowest BCUT2D eigenvalue weighted by atomic mass is 10.0. The number of nitrogen functional groups attached to an aromatic ring is 1. The van der Waals surface area contributed by atoms with E-state index >= 15 is 0 Å². The number of pyridine rings is 1. The van der Waals surface area contributed by atoms with Crippen LogP contribution in [0.1, 0.15) is 17.2 Å². The van der Waals surface area contributed by atoms with E-state index in [2.05, 4.69) is 4.98 Å². The monoisotopic (exact) mass is 278 g/mol. The average molecular weight is 279 g/mol. The van der Waals surface area contributed by atoms with Gasteiger partial charge in [-0.05, 0) is 23.8 Å². The molecule has 2 rings (SSSR count). The van der Waals surface area contributed by atoms with Crippen LogP contribution in [0.2, 0.25) is 5.02 Å². The summed E-state index contributed by atoms with van der Waals surface area (Å²) in [4.78, 5) is 3.99. The van der Waals surface area contributed by atoms with Crippen LogP contribution in [-0.2, 0) is 6.42 Å². The van der Waals surface area contributed by atoms with Crippen molar-refractivity contribution in [2.45, 2.75) is 12.5 Å². The summed E-state index contributed by atoms with van der Waals surface area (Å²) in [5.74, 6) is 0.968. The van der Waals surface area contributed by atoms with Gasteiger partial charge < -0.3 is 15.6 Å². The number of hydrogen-bond acceptors (Lipinski definition) is 4. The molecule has 0 aliphatic heterocycles. The highest BCUT2D eigenvalue weighted by molar-refractivity contribution is 6.31. The van der Waals surface area contributed by atoms with Crippen LogP contribution in [0.4, 0.5) is 5.82 Å². The molecular weight excluding hydrogens is 264 g/mol. The zero-order valence-electron chi connectivity index (χ0n) is 10.5. The van der Waals surface area contributed by atoms with Crippen molar-refractivity contribution >= 4 is 17.4 Å². The molecule has 0 saturated carbocycles. The largest absolute Gasteiger partial charge is 0.496 e. The van der Waals surface area contributed by atoms with Gasteiger partial charge in [-0.25, -0.2) is 4.98 Å². The first-order valence-electron chi connectivity index (χ1n) is 5.83. The van der Waals surface area contributed by atoms with Gasteiger partial charge in [0.25, 0.3) is 0 Å². The number of rotatable bonds is 4. The second-order valence-corrected chi connectivity index (χ2v) is 4.53. The number of ether oxygens (including phenoxy) is 1. The van der Waals surface area contributed by atoms with E-state index in [1.807, 2.05) is 6.07 Å². The number of nitrogens with two attached hydrogens (primary N) is 1. The third kappa shape index (κ3) is 2.97. The predicted octanol–water partition coefficient (Wildman–Crippen LogP) is 2.60. The summed E-state index contributed by atoms with van der Waals surface area (Å²) in [6, 6.07) is 8.86. The van der Waals surface area contributed by atoms with Crippen LogP contribution in [0.15, 0.2) is 36.5 Å². The van der Waals surface area contributed by atoms with Gasteiger partial charge in [-0.1, -0.05) is 23.7 Å². The van der Waals surface area contributed by atoms with Crippen molar-refractivity contribution in [2.75, 3.05) is 12.8 Å². The van der Waals surface area contributed by atoms with Crippen molar-refractivity contribution in [1.29, 1.82) is 0 Å². The normalized spacial score (nSPS) is 12.2. The fourth-order valence-electron chi connectivity index (χ4n) is 1.95. The number of aliphatic hydroxyl groups is 1. The Kier molecular flexibility index (Phi) is 4.24. The molecule has 0 amide bonds. The molecule has 1 unspecified atom stereocenters. The molecule has 0 aliphatic carbocycles. The van der Waals surface area contributed by atoms with E-state index in [9.17, 15) is 5.11 Å². The zero-order valence-corrected chi connectivity index (χ0v) is 11.3. The predicted molar refractivity (Wildman–Crippen MR) is 75.3 cm³/mol. The summed E-state index contributed by atoms with van der Waals surface area (Å²) in [6.07, 6.45) is 1.15. The highest BCUT2D eigenvalue weighted by Crippen LogP contribution is 2.34. The third-order valence-electron chi connectivity index (χ3n) is 2.91. The summed E-state index contributed by atoms with van der Waals surface area (Å²) in [7, 11) is 1.54. The lowest BCUT2D eigenvalue weighted by molar-refractivity contribution is 0.174. The molecule has 4 nitrogen and oxygen atoms in total. The standard InChI is InChI=1S/C14H15ClN2O2/c1-19-12-6-2-5-10(15)13(12)11(18)8-9-4-3-7-17-14(9)16/h2-7,11,18H,8H2,1H3,(H2,16,17). The van der Waals surface area contributed by atoms with Crippen LogP contribution in [0.5, 0.6) is 5.75 Å². The first-order valence-corrected chi connectivity index (χ1v) is 6.21. The number of nitrogens with zero attached hydrogens (tertiary/aromatic N) is 1. The maximum atomic E-state index is 10.3. The van der Waals surface area contributed by atoms with Gasteiger partial charge in [0, 0.05) is 18.2 Å². The summed E-state index contributed by atoms with van der Waals surface area (Å²) in [5.41, 5.74) is 7.11. The summed E-state index contributed by atoms with van der Waals surface area (Å²) in [6.45, 7) is 0. The van der Waals surface area contributed by atoms with E-state index in [0.717, 1.165) is 5.56 Å². The Hall–Kier alpha value is -1.78. The Bertz CT molecular complexity index is 575. The molecule has 100 valence electrons. The molecule has 1 aromatic carbocycles. The number of methoxy groups -OCH3 is 1. The Morgan fingerprint density at radius 3 is 2.84 bits per heavy atom. The molecule has 1 aromatic heterocycles. The van der Waals surface area contributed by atoms with Crippen molar-refractivity contribution in [2.24, 2.45) is 0 Å². The van der Waals surface area contributed by atoms with E-state index in [1.165, 1.54) is 0 Å². The van der Waals surface area contributed by atoms with Crippen molar-refractivity contribution in [3.63, 3.8) is 0 Å². The molecule has 2 aromatic rings. The van der Waals surface area contributed by atoms with Crippen LogP contribution in [0.25, 0.3) is 0 Å². The minimum absolute atomic E-state index is 0.333. The number of hydrogen-bond donors (Lipinski definition) is 2. The van der Waals surface area contributed by atoms with Crippen LogP contribution >= 0.6 is 11.6 Å². The number of aliphatic hydroxyl groups excluding tert-OH is 1. The van der Waals surface area contributed by atoms with Crippen LogP contribution in [0, 0.1) is 0 Å². The first-order chi connectivity index (χ1) is 9.13. The topological polar surface area (TPSA) is 68.4 Å². The Labute approximate surface area is 116 Å². The Balaban J connectivity index is 2.30. The SMILES string of the molecule is COc1cccc(Cl)c1C(O)Cc1cccnc1N. The van der Waals surface area contributed by atoms with Crippen LogP contribution in [0.3, 0.4) is 0 Å². The van der Waals surface area contributed by atoms with Crippen molar-refractivity contribution in [1.82, 2.24) is 4.98 Å². The van der Waals surface area contributed by atoms with Gasteiger partial charge in [0.15, 0.2) is 0 Å². The van der Waals surface area contributed by atoms with Crippen LogP contribution in [-0.4, -0.2) is 17.2 Å². The van der Waals surface area contributed by atoms with Gasteiger partial charge in [-0.2, -0.15) is 0 Å². The first kappa shape index (κ1) is 13.6. The molecule has 1 heterocycles. The molecule has 0 fully saturated rings. The maximum absolute atomic E-state index is 10.3. The van der Waals surface area contributed by atoms with Gasteiger partial charge in [0.1, 0.15) is 11.6 Å². The number of halogens is 1. The maximum Gasteiger partial charge on any atom is 0.126 e. The number of aromatic nitrogens is 1. The summed E-state index contributed by atoms with van der Waals surface area (Å²) in [5, 5.41) is 10.8. The Morgan fingerprint density at radius 2 is 2.16 bits per heavy atom. The van der Waals surface area contributed by atoms with E-state index in [-0.39, 0.29) is 0 Å².